The van der Waals surface area contributed by atoms with Crippen LogP contribution in [0.2, 0.25) is 0 Å². The molecular weight excluding hydrogens is 288 g/mol. The summed E-state index contributed by atoms with van der Waals surface area (Å²) in [6.45, 7) is 2.00. The zero-order valence-electron chi connectivity index (χ0n) is 12.9. The van der Waals surface area contributed by atoms with Crippen molar-refractivity contribution in [2.75, 3.05) is 5.32 Å². The van der Waals surface area contributed by atoms with Gasteiger partial charge in [-0.2, -0.15) is 10.1 Å². The van der Waals surface area contributed by atoms with Crippen molar-refractivity contribution in [2.24, 2.45) is 4.99 Å². The van der Waals surface area contributed by atoms with Crippen LogP contribution in [0, 0.1) is 6.92 Å². The van der Waals surface area contributed by atoms with E-state index >= 15 is 0 Å². The van der Waals surface area contributed by atoms with Gasteiger partial charge in [-0.25, -0.2) is 4.79 Å². The zero-order chi connectivity index (χ0) is 16.1. The van der Waals surface area contributed by atoms with Crippen LogP contribution in [0.1, 0.15) is 18.0 Å². The van der Waals surface area contributed by atoms with Crippen molar-refractivity contribution >= 4 is 11.7 Å². The standard InChI is InChI=1S/C18H18N4O/c1-14-7-9-15(10-8-14)20-18(23)21-16-11-12-22(19-13-16)17-5-3-2-4-6-17/h3-13,17H,2H2,1H3,(H,20,23). The molecule has 23 heavy (non-hydrogen) atoms. The van der Waals surface area contributed by atoms with Gasteiger partial charge >= 0.3 is 6.03 Å². The van der Waals surface area contributed by atoms with Gasteiger partial charge in [0.15, 0.2) is 0 Å². The van der Waals surface area contributed by atoms with Gasteiger partial charge in [0, 0.05) is 11.9 Å². The molecule has 1 aromatic carbocycles. The maximum absolute atomic E-state index is 11.9. The second-order valence-electron chi connectivity index (χ2n) is 5.36. The van der Waals surface area contributed by atoms with E-state index in [1.807, 2.05) is 42.1 Å². The van der Waals surface area contributed by atoms with Crippen LogP contribution >= 0.6 is 0 Å². The van der Waals surface area contributed by atoms with Gasteiger partial charge in [-0.3, -0.25) is 4.68 Å². The molecule has 2 amide bonds. The average Bonchev–Trinajstić information content (AvgIpc) is 2.58. The molecule has 1 aliphatic rings. The Kier molecular flexibility index (Phi) is 4.47. The molecule has 0 aliphatic heterocycles. The minimum Gasteiger partial charge on any atom is -0.306 e. The van der Waals surface area contributed by atoms with Gasteiger partial charge in [0.1, 0.15) is 0 Å². The zero-order valence-corrected chi connectivity index (χ0v) is 12.9. The number of anilines is 1. The van der Waals surface area contributed by atoms with E-state index < -0.39 is 6.03 Å². The van der Waals surface area contributed by atoms with Crippen LogP contribution in [0.5, 0.6) is 0 Å². The van der Waals surface area contributed by atoms with Gasteiger partial charge in [0.2, 0.25) is 0 Å². The Balaban J connectivity index is 1.70. The minimum atomic E-state index is -0.411. The molecule has 0 unspecified atom stereocenters. The van der Waals surface area contributed by atoms with Gasteiger partial charge in [-0.1, -0.05) is 42.0 Å². The SMILES string of the molecule is Cc1ccc(NC(=O)N=c2ccn(C3C=CCC=C3)nc2)cc1. The molecule has 0 radical (unpaired) electrons. The first-order valence-corrected chi connectivity index (χ1v) is 7.51. The first-order valence-electron chi connectivity index (χ1n) is 7.51. The fourth-order valence-corrected chi connectivity index (χ4v) is 2.26. The van der Waals surface area contributed by atoms with E-state index in [1.165, 1.54) is 0 Å². The molecule has 5 nitrogen and oxygen atoms in total. The number of urea groups is 1. The first-order chi connectivity index (χ1) is 11.2. The van der Waals surface area contributed by atoms with Gasteiger partial charge in [-0.15, -0.1) is 0 Å². The number of carbonyl (C=O) groups excluding carboxylic acids is 1. The summed E-state index contributed by atoms with van der Waals surface area (Å²) in [5.74, 6) is 0. The number of aryl methyl sites for hydroxylation is 1. The Morgan fingerprint density at radius 1 is 1.22 bits per heavy atom. The monoisotopic (exact) mass is 306 g/mol. The second-order valence-corrected chi connectivity index (χ2v) is 5.36. The summed E-state index contributed by atoms with van der Waals surface area (Å²) in [5.41, 5.74) is 1.86. The normalized spacial score (nSPS) is 14.9. The summed E-state index contributed by atoms with van der Waals surface area (Å²) in [6, 6.07) is 9.06. The molecule has 0 saturated heterocycles. The number of nitrogens with zero attached hydrogens (tertiary/aromatic N) is 3. The van der Waals surface area contributed by atoms with Crippen LogP contribution in [0.3, 0.4) is 0 Å². The van der Waals surface area contributed by atoms with E-state index in [4.69, 9.17) is 0 Å². The highest BCUT2D eigenvalue weighted by molar-refractivity contribution is 5.89. The number of hydrogen-bond acceptors (Lipinski definition) is 2. The quantitative estimate of drug-likeness (QED) is 0.865. The van der Waals surface area contributed by atoms with Crippen molar-refractivity contribution < 1.29 is 4.79 Å². The lowest BCUT2D eigenvalue weighted by molar-refractivity contribution is 0.259. The maximum atomic E-state index is 11.9. The summed E-state index contributed by atoms with van der Waals surface area (Å²) < 4.78 is 1.82. The Hall–Kier alpha value is -2.95. The Bertz CT molecular complexity index is 783. The fraction of sp³-hybridized carbons (Fsp3) is 0.167. The van der Waals surface area contributed by atoms with E-state index in [-0.39, 0.29) is 6.04 Å². The largest absolute Gasteiger partial charge is 0.345 e. The maximum Gasteiger partial charge on any atom is 0.345 e. The highest BCUT2D eigenvalue weighted by Gasteiger charge is 2.04. The molecule has 5 heteroatoms. The Labute approximate surface area is 134 Å². The van der Waals surface area contributed by atoms with Crippen molar-refractivity contribution in [1.29, 1.82) is 0 Å². The van der Waals surface area contributed by atoms with Crippen LogP contribution < -0.4 is 10.7 Å². The van der Waals surface area contributed by atoms with E-state index in [2.05, 4.69) is 39.7 Å². The third-order valence-electron chi connectivity index (χ3n) is 3.50. The van der Waals surface area contributed by atoms with Gasteiger partial charge in [0.05, 0.1) is 17.6 Å². The number of benzene rings is 1. The molecule has 1 aromatic heterocycles. The van der Waals surface area contributed by atoms with Crippen LogP contribution in [-0.2, 0) is 0 Å². The lowest BCUT2D eigenvalue weighted by Gasteiger charge is -2.13. The minimum absolute atomic E-state index is 0.124. The van der Waals surface area contributed by atoms with E-state index in [0.29, 0.717) is 5.36 Å². The third kappa shape index (κ3) is 4.03. The van der Waals surface area contributed by atoms with Crippen molar-refractivity contribution in [2.45, 2.75) is 19.4 Å². The highest BCUT2D eigenvalue weighted by atomic mass is 16.2. The van der Waals surface area contributed by atoms with E-state index in [0.717, 1.165) is 17.7 Å². The van der Waals surface area contributed by atoms with E-state index in [1.54, 1.807) is 12.3 Å². The van der Waals surface area contributed by atoms with Crippen molar-refractivity contribution in [3.63, 3.8) is 0 Å². The number of carbonyl (C=O) groups is 1. The first kappa shape index (κ1) is 15.0. The smallest absolute Gasteiger partial charge is 0.306 e. The average molecular weight is 306 g/mol. The van der Waals surface area contributed by atoms with Crippen molar-refractivity contribution in [3.8, 4) is 0 Å². The number of aromatic nitrogens is 2. The molecule has 0 spiro atoms. The second kappa shape index (κ2) is 6.87. The highest BCUT2D eigenvalue weighted by Crippen LogP contribution is 2.13. The van der Waals surface area contributed by atoms with Gasteiger partial charge in [-0.05, 0) is 31.5 Å². The van der Waals surface area contributed by atoms with Gasteiger partial charge < -0.3 is 5.32 Å². The van der Waals surface area contributed by atoms with Crippen molar-refractivity contribution in [3.05, 3.63) is 78.0 Å². The molecule has 0 bridgehead atoms. The van der Waals surface area contributed by atoms with E-state index in [9.17, 15) is 4.79 Å². The predicted octanol–water partition coefficient (Wildman–Crippen LogP) is 3.38. The molecule has 3 rings (SSSR count). The molecule has 2 aromatic rings. The molecular formula is C18H18N4O. The summed E-state index contributed by atoms with van der Waals surface area (Å²) in [7, 11) is 0. The molecule has 1 N–H and O–H groups in total. The molecule has 0 saturated carbocycles. The number of nitrogens with one attached hydrogen (secondary N) is 1. The summed E-state index contributed by atoms with van der Waals surface area (Å²) in [5, 5.41) is 7.57. The predicted molar refractivity (Wildman–Crippen MR) is 89.9 cm³/mol. The molecule has 1 heterocycles. The number of amides is 2. The Morgan fingerprint density at radius 2 is 1.96 bits per heavy atom. The molecule has 116 valence electrons. The van der Waals surface area contributed by atoms with Crippen LogP contribution in [0.25, 0.3) is 0 Å². The van der Waals surface area contributed by atoms with Crippen LogP contribution in [-0.4, -0.2) is 15.8 Å². The summed E-state index contributed by atoms with van der Waals surface area (Å²) in [4.78, 5) is 15.9. The number of rotatable bonds is 2. The molecule has 1 aliphatic carbocycles. The fourth-order valence-electron chi connectivity index (χ4n) is 2.26. The van der Waals surface area contributed by atoms with Crippen LogP contribution in [0.4, 0.5) is 10.5 Å². The number of allylic oxidation sites excluding steroid dienone is 4. The molecule has 0 fully saturated rings. The lowest BCUT2D eigenvalue weighted by atomic mass is 10.1. The Morgan fingerprint density at radius 3 is 2.61 bits per heavy atom. The topological polar surface area (TPSA) is 59.3 Å². The summed E-state index contributed by atoms with van der Waals surface area (Å²) >= 11 is 0. The summed E-state index contributed by atoms with van der Waals surface area (Å²) in [6.07, 6.45) is 12.8. The number of hydrogen-bond donors (Lipinski definition) is 1. The van der Waals surface area contributed by atoms with Gasteiger partial charge in [0.25, 0.3) is 0 Å². The van der Waals surface area contributed by atoms with Crippen LogP contribution in [0.15, 0.2) is 72.0 Å². The third-order valence-corrected chi connectivity index (χ3v) is 3.50. The van der Waals surface area contributed by atoms with Crippen molar-refractivity contribution in [1.82, 2.24) is 9.78 Å². The molecule has 0 atom stereocenters. The lowest BCUT2D eigenvalue weighted by Crippen LogP contribution is -2.16.